The highest BCUT2D eigenvalue weighted by atomic mass is 16.3. The molecule has 0 unspecified atom stereocenters. The zero-order chi connectivity index (χ0) is 13.7. The van der Waals surface area contributed by atoms with E-state index < -0.39 is 0 Å². The van der Waals surface area contributed by atoms with E-state index in [1.807, 2.05) is 11.8 Å². The molecule has 0 bridgehead atoms. The van der Waals surface area contributed by atoms with E-state index in [1.54, 1.807) is 12.3 Å². The van der Waals surface area contributed by atoms with Crippen molar-refractivity contribution in [2.75, 3.05) is 13.2 Å². The summed E-state index contributed by atoms with van der Waals surface area (Å²) >= 11 is 0. The van der Waals surface area contributed by atoms with Crippen molar-refractivity contribution in [2.45, 2.75) is 51.5 Å². The Balaban J connectivity index is 2.15. The van der Waals surface area contributed by atoms with Crippen LogP contribution in [0.2, 0.25) is 0 Å². The summed E-state index contributed by atoms with van der Waals surface area (Å²) in [5, 5.41) is 9.22. The van der Waals surface area contributed by atoms with E-state index in [-0.39, 0.29) is 18.6 Å². The Morgan fingerprint density at radius 3 is 2.79 bits per heavy atom. The largest absolute Gasteiger partial charge is 0.469 e. The fourth-order valence-electron chi connectivity index (χ4n) is 2.91. The first-order chi connectivity index (χ1) is 9.27. The average Bonchev–Trinajstić information content (AvgIpc) is 2.93. The zero-order valence-electron chi connectivity index (χ0n) is 11.6. The van der Waals surface area contributed by atoms with Crippen LogP contribution in [0.5, 0.6) is 0 Å². The van der Waals surface area contributed by atoms with Crippen molar-refractivity contribution in [3.63, 3.8) is 0 Å². The molecule has 1 amide bonds. The molecule has 0 spiro atoms. The maximum absolute atomic E-state index is 12.6. The van der Waals surface area contributed by atoms with Gasteiger partial charge in [0, 0.05) is 19.0 Å². The predicted molar refractivity (Wildman–Crippen MR) is 73.1 cm³/mol. The van der Waals surface area contributed by atoms with Crippen molar-refractivity contribution in [2.24, 2.45) is 0 Å². The number of nitrogens with zero attached hydrogens (tertiary/aromatic N) is 1. The summed E-state index contributed by atoms with van der Waals surface area (Å²) in [5.74, 6) is 0.746. The zero-order valence-corrected chi connectivity index (χ0v) is 11.6. The second-order valence-corrected chi connectivity index (χ2v) is 5.12. The summed E-state index contributed by atoms with van der Waals surface area (Å²) in [6, 6.07) is 2.02. The molecule has 106 valence electrons. The Hall–Kier alpha value is -1.29. The summed E-state index contributed by atoms with van der Waals surface area (Å²) in [5.41, 5.74) is 0.654. The van der Waals surface area contributed by atoms with Crippen LogP contribution in [0, 0.1) is 0 Å². The minimum atomic E-state index is 0.00606. The van der Waals surface area contributed by atoms with E-state index in [0.717, 1.165) is 18.6 Å². The Labute approximate surface area is 114 Å². The topological polar surface area (TPSA) is 53.7 Å². The van der Waals surface area contributed by atoms with E-state index in [4.69, 9.17) is 4.42 Å². The molecule has 1 N–H and O–H groups in total. The molecule has 4 nitrogen and oxygen atoms in total. The van der Waals surface area contributed by atoms with Crippen molar-refractivity contribution >= 4 is 5.91 Å². The van der Waals surface area contributed by atoms with Gasteiger partial charge in [-0.25, -0.2) is 0 Å². The van der Waals surface area contributed by atoms with Gasteiger partial charge in [-0.15, -0.1) is 0 Å². The van der Waals surface area contributed by atoms with Crippen LogP contribution in [0.3, 0.4) is 0 Å². The summed E-state index contributed by atoms with van der Waals surface area (Å²) in [4.78, 5) is 14.5. The quantitative estimate of drug-likeness (QED) is 0.890. The first-order valence-electron chi connectivity index (χ1n) is 7.26. The van der Waals surface area contributed by atoms with Crippen LogP contribution in [-0.4, -0.2) is 35.1 Å². The molecule has 19 heavy (non-hydrogen) atoms. The molecule has 1 aliphatic rings. The number of hydrogen-bond donors (Lipinski definition) is 1. The number of carbonyl (C=O) groups is 1. The van der Waals surface area contributed by atoms with Crippen LogP contribution in [0.25, 0.3) is 0 Å². The van der Waals surface area contributed by atoms with Crippen molar-refractivity contribution < 1.29 is 14.3 Å². The molecule has 4 heteroatoms. The smallest absolute Gasteiger partial charge is 0.257 e. The molecule has 1 fully saturated rings. The highest BCUT2D eigenvalue weighted by molar-refractivity contribution is 5.95. The molecule has 1 aromatic rings. The van der Waals surface area contributed by atoms with Gasteiger partial charge >= 0.3 is 0 Å². The third-order valence-corrected chi connectivity index (χ3v) is 3.91. The lowest BCUT2D eigenvalue weighted by Crippen LogP contribution is -2.43. The Morgan fingerprint density at radius 1 is 1.42 bits per heavy atom. The highest BCUT2D eigenvalue weighted by Gasteiger charge is 2.27. The number of rotatable bonds is 5. The fourth-order valence-corrected chi connectivity index (χ4v) is 2.91. The molecule has 1 aromatic heterocycles. The third kappa shape index (κ3) is 3.18. The van der Waals surface area contributed by atoms with Crippen LogP contribution in [0.15, 0.2) is 16.7 Å². The van der Waals surface area contributed by atoms with Crippen LogP contribution < -0.4 is 0 Å². The van der Waals surface area contributed by atoms with E-state index in [0.29, 0.717) is 18.5 Å². The second kappa shape index (κ2) is 6.75. The molecule has 0 atom stereocenters. The lowest BCUT2D eigenvalue weighted by atomic mass is 9.93. The van der Waals surface area contributed by atoms with Crippen LogP contribution in [0.4, 0.5) is 0 Å². The first-order valence-corrected chi connectivity index (χ1v) is 7.26. The standard InChI is InChI=1S/C15H23NO3/c1-2-14-13(8-11-19-14)15(18)16(9-10-17)12-6-4-3-5-7-12/h8,11-12,17H,2-7,9-10H2,1H3. The monoisotopic (exact) mass is 265 g/mol. The van der Waals surface area contributed by atoms with E-state index >= 15 is 0 Å². The molecule has 0 aromatic carbocycles. The van der Waals surface area contributed by atoms with Gasteiger partial charge in [-0.3, -0.25) is 4.79 Å². The molecule has 0 aliphatic heterocycles. The molecule has 0 radical (unpaired) electrons. The fraction of sp³-hybridized carbons (Fsp3) is 0.667. The SMILES string of the molecule is CCc1occc1C(=O)N(CCO)C1CCCCC1. The first kappa shape index (κ1) is 14.1. The van der Waals surface area contributed by atoms with E-state index in [2.05, 4.69) is 0 Å². The minimum Gasteiger partial charge on any atom is -0.469 e. The van der Waals surface area contributed by atoms with Gasteiger partial charge in [-0.05, 0) is 18.9 Å². The van der Waals surface area contributed by atoms with Crippen LogP contribution >= 0.6 is 0 Å². The molecular formula is C15H23NO3. The van der Waals surface area contributed by atoms with Crippen molar-refractivity contribution in [3.8, 4) is 0 Å². The maximum Gasteiger partial charge on any atom is 0.257 e. The third-order valence-electron chi connectivity index (χ3n) is 3.91. The van der Waals surface area contributed by atoms with Gasteiger partial charge in [-0.1, -0.05) is 26.2 Å². The van der Waals surface area contributed by atoms with Gasteiger partial charge < -0.3 is 14.4 Å². The number of aliphatic hydroxyl groups excluding tert-OH is 1. The van der Waals surface area contributed by atoms with Gasteiger partial charge in [0.05, 0.1) is 18.4 Å². The van der Waals surface area contributed by atoms with Crippen LogP contribution in [0.1, 0.15) is 55.1 Å². The van der Waals surface area contributed by atoms with Gasteiger partial charge in [0.2, 0.25) is 0 Å². The van der Waals surface area contributed by atoms with Gasteiger partial charge in [0.1, 0.15) is 5.76 Å². The van der Waals surface area contributed by atoms with Crippen molar-refractivity contribution in [1.82, 2.24) is 4.90 Å². The van der Waals surface area contributed by atoms with Crippen molar-refractivity contribution in [3.05, 3.63) is 23.7 Å². The van der Waals surface area contributed by atoms with Crippen LogP contribution in [-0.2, 0) is 6.42 Å². The van der Waals surface area contributed by atoms with Crippen molar-refractivity contribution in [1.29, 1.82) is 0 Å². The number of hydrogen-bond acceptors (Lipinski definition) is 3. The molecule has 0 saturated heterocycles. The number of aliphatic hydroxyl groups is 1. The number of aryl methyl sites for hydroxylation is 1. The molecule has 1 aliphatic carbocycles. The maximum atomic E-state index is 12.6. The van der Waals surface area contributed by atoms with Gasteiger partial charge in [-0.2, -0.15) is 0 Å². The lowest BCUT2D eigenvalue weighted by molar-refractivity contribution is 0.0583. The Bertz CT molecular complexity index is 407. The summed E-state index contributed by atoms with van der Waals surface area (Å²) in [6.45, 7) is 2.41. The summed E-state index contributed by atoms with van der Waals surface area (Å²) < 4.78 is 5.34. The Morgan fingerprint density at radius 2 is 2.16 bits per heavy atom. The molecular weight excluding hydrogens is 242 g/mol. The van der Waals surface area contributed by atoms with E-state index in [1.165, 1.54) is 19.3 Å². The average molecular weight is 265 g/mol. The summed E-state index contributed by atoms with van der Waals surface area (Å²) in [6.07, 6.45) is 7.98. The normalized spacial score (nSPS) is 16.5. The molecule has 1 saturated carbocycles. The highest BCUT2D eigenvalue weighted by Crippen LogP contribution is 2.25. The van der Waals surface area contributed by atoms with Gasteiger partial charge in [0.25, 0.3) is 5.91 Å². The number of carbonyl (C=O) groups excluding carboxylic acids is 1. The summed E-state index contributed by atoms with van der Waals surface area (Å²) in [7, 11) is 0. The Kier molecular flexibility index (Phi) is 5.02. The van der Waals surface area contributed by atoms with Gasteiger partial charge in [0.15, 0.2) is 0 Å². The second-order valence-electron chi connectivity index (χ2n) is 5.12. The van der Waals surface area contributed by atoms with E-state index in [9.17, 15) is 9.90 Å². The lowest BCUT2D eigenvalue weighted by Gasteiger charge is -2.34. The molecule has 1 heterocycles. The number of amides is 1. The number of furan rings is 1. The minimum absolute atomic E-state index is 0.00606. The predicted octanol–water partition coefficient (Wildman–Crippen LogP) is 2.61. The molecule has 2 rings (SSSR count).